The number of alkyl carbamates (subject to hydrolysis) is 1. The monoisotopic (exact) mass is 237 g/mol. The molecular weight excluding hydrogens is 218 g/mol. The molecule has 0 saturated carbocycles. The van der Waals surface area contributed by atoms with Gasteiger partial charge in [-0.3, -0.25) is 0 Å². The van der Waals surface area contributed by atoms with E-state index in [-0.39, 0.29) is 11.8 Å². The summed E-state index contributed by atoms with van der Waals surface area (Å²) in [5.74, 6) is 0.181. The van der Waals surface area contributed by atoms with E-state index in [9.17, 15) is 9.90 Å². The van der Waals surface area contributed by atoms with E-state index in [0.29, 0.717) is 0 Å². The predicted molar refractivity (Wildman–Crippen MR) is 65.9 cm³/mol. The van der Waals surface area contributed by atoms with Crippen molar-refractivity contribution in [1.82, 2.24) is 5.32 Å². The molecule has 4 nitrogen and oxygen atoms in total. The molecule has 0 saturated heterocycles. The number of phenols is 1. The number of rotatable bonds is 2. The molecule has 1 atom stereocenters. The summed E-state index contributed by atoms with van der Waals surface area (Å²) in [6.45, 7) is 7.27. The predicted octanol–water partition coefficient (Wildman–Crippen LogP) is 2.98. The quantitative estimate of drug-likeness (QED) is 0.831. The van der Waals surface area contributed by atoms with E-state index in [1.165, 1.54) is 0 Å². The van der Waals surface area contributed by atoms with Crippen molar-refractivity contribution >= 4 is 6.09 Å². The van der Waals surface area contributed by atoms with Crippen LogP contribution < -0.4 is 5.32 Å². The fourth-order valence-corrected chi connectivity index (χ4v) is 1.36. The molecule has 0 spiro atoms. The van der Waals surface area contributed by atoms with E-state index < -0.39 is 11.7 Å². The maximum absolute atomic E-state index is 11.5. The normalized spacial score (nSPS) is 12.9. The molecule has 2 N–H and O–H groups in total. The maximum atomic E-state index is 11.5. The van der Waals surface area contributed by atoms with Crippen LogP contribution in [0.5, 0.6) is 5.75 Å². The van der Waals surface area contributed by atoms with E-state index in [1.54, 1.807) is 18.2 Å². The van der Waals surface area contributed by atoms with Gasteiger partial charge in [0.15, 0.2) is 0 Å². The fraction of sp³-hybridized carbons (Fsp3) is 0.462. The van der Waals surface area contributed by atoms with Crippen molar-refractivity contribution in [2.45, 2.75) is 39.3 Å². The zero-order chi connectivity index (χ0) is 13.1. The summed E-state index contributed by atoms with van der Waals surface area (Å²) in [7, 11) is 0. The molecule has 0 aliphatic rings. The summed E-state index contributed by atoms with van der Waals surface area (Å²) in [6, 6.07) is 6.56. The number of hydrogen-bond acceptors (Lipinski definition) is 3. The van der Waals surface area contributed by atoms with E-state index in [2.05, 4.69) is 5.32 Å². The van der Waals surface area contributed by atoms with Gasteiger partial charge in [-0.2, -0.15) is 0 Å². The van der Waals surface area contributed by atoms with Gasteiger partial charge in [-0.1, -0.05) is 12.1 Å². The van der Waals surface area contributed by atoms with Crippen LogP contribution in [0.25, 0.3) is 0 Å². The zero-order valence-electron chi connectivity index (χ0n) is 10.7. The Balaban J connectivity index is 2.61. The van der Waals surface area contributed by atoms with Gasteiger partial charge >= 0.3 is 6.09 Å². The number of aromatic hydroxyl groups is 1. The second-order valence-corrected chi connectivity index (χ2v) is 4.96. The van der Waals surface area contributed by atoms with Crippen LogP contribution in [0.15, 0.2) is 24.3 Å². The van der Waals surface area contributed by atoms with Gasteiger partial charge in [0, 0.05) is 0 Å². The van der Waals surface area contributed by atoms with Gasteiger partial charge in [-0.25, -0.2) is 4.79 Å². The molecule has 1 aromatic carbocycles. The number of amides is 1. The van der Waals surface area contributed by atoms with Gasteiger partial charge in [0.2, 0.25) is 0 Å². The highest BCUT2D eigenvalue weighted by molar-refractivity contribution is 5.68. The minimum absolute atomic E-state index is 0.181. The van der Waals surface area contributed by atoms with E-state index >= 15 is 0 Å². The van der Waals surface area contributed by atoms with Crippen molar-refractivity contribution in [2.75, 3.05) is 0 Å². The summed E-state index contributed by atoms with van der Waals surface area (Å²) in [5.41, 5.74) is 0.318. The molecule has 1 amide bonds. The summed E-state index contributed by atoms with van der Waals surface area (Å²) in [5, 5.41) is 12.0. The number of hydrogen-bond donors (Lipinski definition) is 2. The second kappa shape index (κ2) is 5.08. The van der Waals surface area contributed by atoms with Crippen molar-refractivity contribution in [3.05, 3.63) is 29.8 Å². The Morgan fingerprint density at radius 2 is 2.06 bits per heavy atom. The highest BCUT2D eigenvalue weighted by Gasteiger charge is 2.18. The SMILES string of the molecule is C[C@@H](NC(=O)OC(C)(C)C)c1cccc(O)c1. The summed E-state index contributed by atoms with van der Waals surface area (Å²) < 4.78 is 5.15. The lowest BCUT2D eigenvalue weighted by Gasteiger charge is -2.22. The minimum atomic E-state index is -0.511. The largest absolute Gasteiger partial charge is 0.508 e. The van der Waals surface area contributed by atoms with Crippen molar-refractivity contribution in [3.63, 3.8) is 0 Å². The third kappa shape index (κ3) is 4.76. The lowest BCUT2D eigenvalue weighted by atomic mass is 10.1. The molecule has 0 fully saturated rings. The molecular formula is C13H19NO3. The molecule has 0 aliphatic heterocycles. The Morgan fingerprint density at radius 1 is 1.41 bits per heavy atom. The highest BCUT2D eigenvalue weighted by atomic mass is 16.6. The molecule has 0 unspecified atom stereocenters. The molecule has 94 valence electrons. The summed E-state index contributed by atoms with van der Waals surface area (Å²) in [4.78, 5) is 11.5. The molecule has 4 heteroatoms. The van der Waals surface area contributed by atoms with Crippen LogP contribution >= 0.6 is 0 Å². The Hall–Kier alpha value is -1.71. The third-order valence-corrected chi connectivity index (χ3v) is 2.10. The number of phenolic OH excluding ortho intramolecular Hbond substituents is 1. The Labute approximate surface area is 102 Å². The van der Waals surface area contributed by atoms with E-state index in [1.807, 2.05) is 33.8 Å². The third-order valence-electron chi connectivity index (χ3n) is 2.10. The molecule has 17 heavy (non-hydrogen) atoms. The first kappa shape index (κ1) is 13.4. The summed E-state index contributed by atoms with van der Waals surface area (Å²) >= 11 is 0. The van der Waals surface area contributed by atoms with Crippen molar-refractivity contribution in [1.29, 1.82) is 0 Å². The van der Waals surface area contributed by atoms with Gasteiger partial charge in [0.05, 0.1) is 6.04 Å². The first-order valence-corrected chi connectivity index (χ1v) is 5.56. The standard InChI is InChI=1S/C13H19NO3/c1-9(10-6-5-7-11(15)8-10)14-12(16)17-13(2,3)4/h5-9,15H,1-4H3,(H,14,16)/t9-/m1/s1. The average Bonchev–Trinajstić information content (AvgIpc) is 2.14. The lowest BCUT2D eigenvalue weighted by molar-refractivity contribution is 0.0508. The van der Waals surface area contributed by atoms with Gasteiger partial charge in [0.1, 0.15) is 11.4 Å². The number of nitrogens with one attached hydrogen (secondary N) is 1. The molecule has 0 radical (unpaired) electrons. The second-order valence-electron chi connectivity index (χ2n) is 4.96. The molecule has 0 bridgehead atoms. The molecule has 0 aliphatic carbocycles. The Kier molecular flexibility index (Phi) is 3.99. The van der Waals surface area contributed by atoms with Crippen LogP contribution in [0.1, 0.15) is 39.3 Å². The molecule has 0 aromatic heterocycles. The minimum Gasteiger partial charge on any atom is -0.508 e. The summed E-state index contributed by atoms with van der Waals surface area (Å²) in [6.07, 6.45) is -0.464. The number of carbonyl (C=O) groups is 1. The molecule has 0 heterocycles. The van der Waals surface area contributed by atoms with Gasteiger partial charge in [-0.05, 0) is 45.4 Å². The molecule has 1 rings (SSSR count). The van der Waals surface area contributed by atoms with Crippen LogP contribution in [0.2, 0.25) is 0 Å². The first-order chi connectivity index (χ1) is 7.78. The van der Waals surface area contributed by atoms with Crippen LogP contribution in [-0.4, -0.2) is 16.8 Å². The number of carbonyl (C=O) groups excluding carboxylic acids is 1. The van der Waals surface area contributed by atoms with E-state index in [4.69, 9.17) is 4.74 Å². The smallest absolute Gasteiger partial charge is 0.408 e. The van der Waals surface area contributed by atoms with Gasteiger partial charge in [-0.15, -0.1) is 0 Å². The van der Waals surface area contributed by atoms with Crippen LogP contribution in [0.4, 0.5) is 4.79 Å². The topological polar surface area (TPSA) is 58.6 Å². The maximum Gasteiger partial charge on any atom is 0.408 e. The van der Waals surface area contributed by atoms with Gasteiger partial charge < -0.3 is 15.2 Å². The lowest BCUT2D eigenvalue weighted by Crippen LogP contribution is -2.34. The Morgan fingerprint density at radius 3 is 2.59 bits per heavy atom. The van der Waals surface area contributed by atoms with Gasteiger partial charge in [0.25, 0.3) is 0 Å². The zero-order valence-corrected chi connectivity index (χ0v) is 10.7. The molecule has 1 aromatic rings. The number of benzene rings is 1. The van der Waals surface area contributed by atoms with Crippen molar-refractivity contribution < 1.29 is 14.6 Å². The average molecular weight is 237 g/mol. The Bertz CT molecular complexity index is 396. The van der Waals surface area contributed by atoms with Crippen LogP contribution in [-0.2, 0) is 4.74 Å². The van der Waals surface area contributed by atoms with Crippen molar-refractivity contribution in [3.8, 4) is 5.75 Å². The number of ether oxygens (including phenoxy) is 1. The van der Waals surface area contributed by atoms with Crippen LogP contribution in [0, 0.1) is 0 Å². The highest BCUT2D eigenvalue weighted by Crippen LogP contribution is 2.18. The fourth-order valence-electron chi connectivity index (χ4n) is 1.36. The van der Waals surface area contributed by atoms with Crippen LogP contribution in [0.3, 0.4) is 0 Å². The van der Waals surface area contributed by atoms with Crippen molar-refractivity contribution in [2.24, 2.45) is 0 Å². The van der Waals surface area contributed by atoms with E-state index in [0.717, 1.165) is 5.56 Å². The first-order valence-electron chi connectivity index (χ1n) is 5.56.